The quantitative estimate of drug-likeness (QED) is 0.621. The van der Waals surface area contributed by atoms with Crippen LogP contribution < -0.4 is 5.32 Å². The van der Waals surface area contributed by atoms with E-state index in [4.69, 9.17) is 4.74 Å². The Morgan fingerprint density at radius 1 is 1.40 bits per heavy atom. The van der Waals surface area contributed by atoms with Crippen molar-refractivity contribution in [1.82, 2.24) is 10.3 Å². The number of pyridine rings is 1. The number of nitrogens with zero attached hydrogens (tertiary/aromatic N) is 1. The van der Waals surface area contributed by atoms with Crippen LogP contribution in [-0.2, 0) is 4.74 Å². The molecule has 1 saturated heterocycles. The van der Waals surface area contributed by atoms with Gasteiger partial charge in [0.15, 0.2) is 0 Å². The number of halogens is 1. The lowest BCUT2D eigenvalue weighted by Gasteiger charge is -2.23. The second-order valence-corrected chi connectivity index (χ2v) is 4.98. The lowest BCUT2D eigenvalue weighted by molar-refractivity contribution is 0.0743. The summed E-state index contributed by atoms with van der Waals surface area (Å²) in [5, 5.41) is 3.51. The molecule has 0 amide bonds. The van der Waals surface area contributed by atoms with Gasteiger partial charge in [0.2, 0.25) is 5.78 Å². The van der Waals surface area contributed by atoms with Gasteiger partial charge in [-0.05, 0) is 44.4 Å². The van der Waals surface area contributed by atoms with Crippen LogP contribution in [0.4, 0.5) is 0 Å². The van der Waals surface area contributed by atoms with Crippen LogP contribution >= 0.6 is 12.4 Å². The summed E-state index contributed by atoms with van der Waals surface area (Å²) in [6, 6.07) is 5.98. The van der Waals surface area contributed by atoms with E-state index in [2.05, 4.69) is 10.3 Å². The minimum absolute atomic E-state index is 0. The van der Waals surface area contributed by atoms with E-state index < -0.39 is 0 Å². The number of aromatic nitrogens is 1. The largest absolute Gasteiger partial charge is 0.373 e. The fraction of sp³-hybridized carbons (Fsp3) is 0.600. The maximum absolute atomic E-state index is 11.7. The summed E-state index contributed by atoms with van der Waals surface area (Å²) in [4.78, 5) is 15.7. The Morgan fingerprint density at radius 2 is 2.30 bits per heavy atom. The van der Waals surface area contributed by atoms with Crippen LogP contribution in [-0.4, -0.2) is 36.6 Å². The molecule has 2 heterocycles. The molecular weight excluding hydrogens is 276 g/mol. The van der Waals surface area contributed by atoms with Crippen LogP contribution in [0.2, 0.25) is 0 Å². The van der Waals surface area contributed by atoms with Crippen molar-refractivity contribution in [1.29, 1.82) is 0 Å². The number of hydrogen-bond donors (Lipinski definition) is 1. The number of nitrogens with one attached hydrogen (secondary N) is 1. The lowest BCUT2D eigenvalue weighted by atomic mass is 10.0. The number of hydrogen-bond acceptors (Lipinski definition) is 4. The zero-order valence-electron chi connectivity index (χ0n) is 11.7. The monoisotopic (exact) mass is 298 g/mol. The Hall–Kier alpha value is -0.970. The first-order valence-corrected chi connectivity index (χ1v) is 7.11. The number of piperidine rings is 1. The third-order valence-electron chi connectivity index (χ3n) is 3.44. The first-order valence-electron chi connectivity index (χ1n) is 7.11. The summed E-state index contributed by atoms with van der Waals surface area (Å²) in [5.74, 6) is -0.0450. The van der Waals surface area contributed by atoms with Crippen LogP contribution in [0, 0.1) is 0 Å². The molecule has 1 aliphatic heterocycles. The number of Topliss-reactive ketones (excluding diaryl/α,β-unsaturated/α-hetero) is 1. The fourth-order valence-electron chi connectivity index (χ4n) is 2.37. The molecule has 1 atom stereocenters. The molecular formula is C15H23ClN2O2. The highest BCUT2D eigenvalue weighted by atomic mass is 35.5. The van der Waals surface area contributed by atoms with Crippen LogP contribution in [0.5, 0.6) is 0 Å². The van der Waals surface area contributed by atoms with Crippen molar-refractivity contribution in [2.24, 2.45) is 0 Å². The van der Waals surface area contributed by atoms with Gasteiger partial charge in [-0.2, -0.15) is 0 Å². The van der Waals surface area contributed by atoms with E-state index >= 15 is 0 Å². The van der Waals surface area contributed by atoms with E-state index in [0.717, 1.165) is 19.4 Å². The SMILES string of the molecule is Cl.O=C(COCCCC1CCCCN1)c1ccccn1. The highest BCUT2D eigenvalue weighted by Crippen LogP contribution is 2.11. The highest BCUT2D eigenvalue weighted by Gasteiger charge is 2.12. The molecule has 1 aliphatic rings. The molecule has 0 spiro atoms. The van der Waals surface area contributed by atoms with E-state index in [-0.39, 0.29) is 24.8 Å². The van der Waals surface area contributed by atoms with Crippen molar-refractivity contribution in [3.8, 4) is 0 Å². The molecule has 0 saturated carbocycles. The number of ether oxygens (including phenoxy) is 1. The molecule has 5 heteroatoms. The van der Waals surface area contributed by atoms with Gasteiger partial charge in [0.1, 0.15) is 12.3 Å². The van der Waals surface area contributed by atoms with Gasteiger partial charge in [-0.1, -0.05) is 12.5 Å². The number of carbonyl (C=O) groups is 1. The zero-order chi connectivity index (χ0) is 13.3. The van der Waals surface area contributed by atoms with Gasteiger partial charge in [-0.3, -0.25) is 9.78 Å². The molecule has 1 fully saturated rings. The maximum Gasteiger partial charge on any atom is 0.206 e. The second kappa shape index (κ2) is 9.86. The minimum Gasteiger partial charge on any atom is -0.373 e. The van der Waals surface area contributed by atoms with E-state index in [1.807, 2.05) is 6.07 Å². The maximum atomic E-state index is 11.7. The van der Waals surface area contributed by atoms with E-state index in [1.54, 1.807) is 18.3 Å². The Labute approximate surface area is 126 Å². The van der Waals surface area contributed by atoms with Crippen LogP contribution in [0.3, 0.4) is 0 Å². The molecule has 0 radical (unpaired) electrons. The van der Waals surface area contributed by atoms with Gasteiger partial charge < -0.3 is 10.1 Å². The molecule has 1 unspecified atom stereocenters. The van der Waals surface area contributed by atoms with E-state index in [9.17, 15) is 4.79 Å². The Kier molecular flexibility index (Phi) is 8.42. The molecule has 4 nitrogen and oxygen atoms in total. The normalized spacial score (nSPS) is 18.3. The van der Waals surface area contributed by atoms with Gasteiger partial charge in [0.25, 0.3) is 0 Å². The molecule has 1 N–H and O–H groups in total. The molecule has 1 aromatic heterocycles. The summed E-state index contributed by atoms with van der Waals surface area (Å²) in [5.41, 5.74) is 0.483. The van der Waals surface area contributed by atoms with E-state index in [1.165, 1.54) is 19.3 Å². The third-order valence-corrected chi connectivity index (χ3v) is 3.44. The molecule has 20 heavy (non-hydrogen) atoms. The molecule has 2 rings (SSSR count). The lowest BCUT2D eigenvalue weighted by Crippen LogP contribution is -2.34. The van der Waals surface area contributed by atoms with Crippen LogP contribution in [0.25, 0.3) is 0 Å². The average molecular weight is 299 g/mol. The Morgan fingerprint density at radius 3 is 3.00 bits per heavy atom. The van der Waals surface area contributed by atoms with E-state index in [0.29, 0.717) is 18.3 Å². The molecule has 112 valence electrons. The van der Waals surface area contributed by atoms with Crippen molar-refractivity contribution in [2.75, 3.05) is 19.8 Å². The summed E-state index contributed by atoms with van der Waals surface area (Å²) in [6.45, 7) is 1.93. The number of rotatable bonds is 7. The summed E-state index contributed by atoms with van der Waals surface area (Å²) >= 11 is 0. The van der Waals surface area contributed by atoms with Crippen molar-refractivity contribution in [3.63, 3.8) is 0 Å². The zero-order valence-corrected chi connectivity index (χ0v) is 12.5. The summed E-state index contributed by atoms with van der Waals surface area (Å²) in [7, 11) is 0. The highest BCUT2D eigenvalue weighted by molar-refractivity contribution is 5.95. The third kappa shape index (κ3) is 5.99. The first kappa shape index (κ1) is 17.1. The number of carbonyl (C=O) groups excluding carboxylic acids is 1. The van der Waals surface area contributed by atoms with Crippen molar-refractivity contribution >= 4 is 18.2 Å². The topological polar surface area (TPSA) is 51.2 Å². The summed E-state index contributed by atoms with van der Waals surface area (Å²) in [6.07, 6.45) is 7.67. The molecule has 1 aromatic rings. The standard InChI is InChI=1S/C15H22N2O2.ClH/c18-15(14-8-2-4-10-17-14)12-19-11-5-7-13-6-1-3-9-16-13;/h2,4,8,10,13,16H,1,3,5-7,9,11-12H2;1H. The molecule has 0 aromatic carbocycles. The predicted octanol–water partition coefficient (Wildman–Crippen LogP) is 2.63. The predicted molar refractivity (Wildman–Crippen MR) is 81.5 cm³/mol. The van der Waals surface area contributed by atoms with Gasteiger partial charge in [-0.15, -0.1) is 12.4 Å². The minimum atomic E-state index is -0.0450. The van der Waals surface area contributed by atoms with Crippen LogP contribution in [0.15, 0.2) is 24.4 Å². The second-order valence-electron chi connectivity index (χ2n) is 4.98. The van der Waals surface area contributed by atoms with Gasteiger partial charge in [0.05, 0.1) is 0 Å². The van der Waals surface area contributed by atoms with Gasteiger partial charge >= 0.3 is 0 Å². The van der Waals surface area contributed by atoms with Gasteiger partial charge in [-0.25, -0.2) is 0 Å². The first-order chi connectivity index (χ1) is 9.36. The summed E-state index contributed by atoms with van der Waals surface area (Å²) < 4.78 is 5.42. The van der Waals surface area contributed by atoms with Crippen molar-refractivity contribution < 1.29 is 9.53 Å². The van der Waals surface area contributed by atoms with Crippen molar-refractivity contribution in [3.05, 3.63) is 30.1 Å². The van der Waals surface area contributed by atoms with Crippen molar-refractivity contribution in [2.45, 2.75) is 38.1 Å². The molecule has 0 bridgehead atoms. The average Bonchev–Trinajstić information content (AvgIpc) is 2.49. The number of ketones is 1. The molecule has 0 aliphatic carbocycles. The van der Waals surface area contributed by atoms with Crippen LogP contribution in [0.1, 0.15) is 42.6 Å². The smallest absolute Gasteiger partial charge is 0.206 e. The Balaban J connectivity index is 0.00000200. The Bertz CT molecular complexity index is 381. The van der Waals surface area contributed by atoms with Gasteiger partial charge in [0, 0.05) is 18.8 Å². The fourth-order valence-corrected chi connectivity index (χ4v) is 2.37.